The fourth-order valence-corrected chi connectivity index (χ4v) is 3.69. The van der Waals surface area contributed by atoms with Crippen molar-refractivity contribution in [3.05, 3.63) is 71.9 Å². The fourth-order valence-electron chi connectivity index (χ4n) is 2.32. The summed E-state index contributed by atoms with van der Waals surface area (Å²) in [4.78, 5) is 0. The number of aromatic nitrogens is 1. The van der Waals surface area contributed by atoms with E-state index in [1.165, 1.54) is 0 Å². The Balaban J connectivity index is 1.97. The summed E-state index contributed by atoms with van der Waals surface area (Å²) in [5.41, 5.74) is 3.17. The number of nitrogens with zero attached hydrogens (tertiary/aromatic N) is 1. The monoisotopic (exact) mass is 269 g/mol. The van der Waals surface area contributed by atoms with Gasteiger partial charge in [-0.05, 0) is 19.1 Å². The molecule has 0 saturated heterocycles. The van der Waals surface area contributed by atoms with Gasteiger partial charge in [0.25, 0.3) is 0 Å². The van der Waals surface area contributed by atoms with E-state index in [9.17, 15) is 4.55 Å². The second kappa shape index (κ2) is 5.11. The van der Waals surface area contributed by atoms with E-state index in [1.54, 1.807) is 0 Å². The zero-order valence-electron chi connectivity index (χ0n) is 10.7. The molecule has 3 rings (SSSR count). The Labute approximate surface area is 116 Å². The average Bonchev–Trinajstić information content (AvgIpc) is 2.75. The molecule has 0 aliphatic rings. The molecule has 0 saturated carbocycles. The second-order valence-electron chi connectivity index (χ2n) is 4.59. The van der Waals surface area contributed by atoms with Crippen molar-refractivity contribution in [3.63, 3.8) is 0 Å². The topological polar surface area (TPSA) is 28.0 Å². The highest BCUT2D eigenvalue weighted by Crippen LogP contribution is 2.23. The Morgan fingerprint density at radius 3 is 2.47 bits per heavy atom. The van der Waals surface area contributed by atoms with Crippen LogP contribution in [0.2, 0.25) is 0 Å². The molecule has 0 amide bonds. The molecule has 0 bridgehead atoms. The normalized spacial score (nSPS) is 12.7. The Morgan fingerprint density at radius 1 is 1.00 bits per heavy atom. The first-order valence-electron chi connectivity index (χ1n) is 6.25. The van der Waals surface area contributed by atoms with E-state index in [1.807, 2.05) is 59.4 Å². The van der Waals surface area contributed by atoms with Gasteiger partial charge in [-0.3, -0.25) is 0 Å². The maximum absolute atomic E-state index is 12.6. The van der Waals surface area contributed by atoms with Crippen molar-refractivity contribution in [2.45, 2.75) is 12.7 Å². The maximum Gasteiger partial charge on any atom is 0.156 e. The molecule has 1 atom stereocenters. The first kappa shape index (κ1) is 12.3. The zero-order valence-corrected chi connectivity index (χ0v) is 11.6. The Bertz CT molecular complexity index is 690. The lowest BCUT2D eigenvalue weighted by Crippen LogP contribution is -2.16. The SMILES string of the molecule is Cc1cc2ccccc2n1[S+]([O-])Cc1ccccc1. The smallest absolute Gasteiger partial charge is 0.156 e. The molecule has 2 aromatic carbocycles. The van der Waals surface area contributed by atoms with Crippen LogP contribution in [0.3, 0.4) is 0 Å². The lowest BCUT2D eigenvalue weighted by atomic mass is 10.2. The van der Waals surface area contributed by atoms with Gasteiger partial charge in [0.2, 0.25) is 0 Å². The third-order valence-corrected chi connectivity index (χ3v) is 4.65. The molecule has 0 aliphatic heterocycles. The van der Waals surface area contributed by atoms with Gasteiger partial charge in [0.15, 0.2) is 5.75 Å². The fraction of sp³-hybridized carbons (Fsp3) is 0.125. The third-order valence-electron chi connectivity index (χ3n) is 3.18. The van der Waals surface area contributed by atoms with Gasteiger partial charge in [0, 0.05) is 10.9 Å². The van der Waals surface area contributed by atoms with Gasteiger partial charge in [-0.25, -0.2) is 0 Å². The molecule has 1 heterocycles. The predicted molar refractivity (Wildman–Crippen MR) is 80.4 cm³/mol. The highest BCUT2D eigenvalue weighted by atomic mass is 32.2. The molecule has 0 radical (unpaired) electrons. The molecule has 3 aromatic rings. The van der Waals surface area contributed by atoms with Gasteiger partial charge in [-0.1, -0.05) is 48.5 Å². The quantitative estimate of drug-likeness (QED) is 0.667. The van der Waals surface area contributed by atoms with Gasteiger partial charge in [0.1, 0.15) is 0 Å². The van der Waals surface area contributed by atoms with Gasteiger partial charge in [-0.2, -0.15) is 3.97 Å². The first-order chi connectivity index (χ1) is 9.25. The van der Waals surface area contributed by atoms with Gasteiger partial charge in [-0.15, -0.1) is 0 Å². The number of rotatable bonds is 3. The van der Waals surface area contributed by atoms with Crippen LogP contribution in [-0.2, 0) is 17.1 Å². The van der Waals surface area contributed by atoms with Gasteiger partial charge < -0.3 is 4.55 Å². The summed E-state index contributed by atoms with van der Waals surface area (Å²) in [5, 5.41) is 1.14. The van der Waals surface area contributed by atoms with Crippen molar-refractivity contribution < 1.29 is 4.55 Å². The highest BCUT2D eigenvalue weighted by Gasteiger charge is 2.16. The molecule has 96 valence electrons. The van der Waals surface area contributed by atoms with Crippen LogP contribution in [0, 0.1) is 6.92 Å². The largest absolute Gasteiger partial charge is 0.592 e. The Morgan fingerprint density at radius 2 is 1.68 bits per heavy atom. The molecule has 0 aliphatic carbocycles. The van der Waals surface area contributed by atoms with E-state index in [2.05, 4.69) is 12.1 Å². The Hall–Kier alpha value is -1.71. The van der Waals surface area contributed by atoms with Crippen LogP contribution in [0.1, 0.15) is 11.3 Å². The molecule has 1 aromatic heterocycles. The van der Waals surface area contributed by atoms with E-state index in [0.717, 1.165) is 22.2 Å². The van der Waals surface area contributed by atoms with Crippen LogP contribution in [0.5, 0.6) is 0 Å². The molecule has 0 spiro atoms. The average molecular weight is 269 g/mol. The van der Waals surface area contributed by atoms with Crippen molar-refractivity contribution in [3.8, 4) is 0 Å². The standard InChI is InChI=1S/C16H15NOS/c1-13-11-15-9-5-6-10-16(15)17(13)19(18)12-14-7-3-2-4-8-14/h2-11H,12H2,1H3. The van der Waals surface area contributed by atoms with E-state index < -0.39 is 11.4 Å². The van der Waals surface area contributed by atoms with Crippen LogP contribution in [-0.4, -0.2) is 8.53 Å². The predicted octanol–water partition coefficient (Wildman–Crippen LogP) is 3.66. The number of fused-ring (bicyclic) bond motifs is 1. The number of benzene rings is 2. The van der Waals surface area contributed by atoms with E-state index in [0.29, 0.717) is 5.75 Å². The van der Waals surface area contributed by atoms with E-state index >= 15 is 0 Å². The Kier molecular flexibility index (Phi) is 3.32. The molecule has 2 nitrogen and oxygen atoms in total. The zero-order chi connectivity index (χ0) is 13.2. The van der Waals surface area contributed by atoms with Crippen molar-refractivity contribution in [1.29, 1.82) is 0 Å². The van der Waals surface area contributed by atoms with Crippen molar-refractivity contribution in [2.75, 3.05) is 0 Å². The summed E-state index contributed by atoms with van der Waals surface area (Å²) in [6.45, 7) is 2.00. The molecule has 0 N–H and O–H groups in total. The summed E-state index contributed by atoms with van der Waals surface area (Å²) in [7, 11) is 0. The van der Waals surface area contributed by atoms with Crippen LogP contribution in [0.15, 0.2) is 60.7 Å². The number of aryl methyl sites for hydroxylation is 1. The molecular weight excluding hydrogens is 254 g/mol. The molecule has 0 fully saturated rings. The molecule has 1 unspecified atom stereocenters. The van der Waals surface area contributed by atoms with Crippen molar-refractivity contribution in [2.24, 2.45) is 0 Å². The summed E-state index contributed by atoms with van der Waals surface area (Å²) in [5.74, 6) is 0.542. The lowest BCUT2D eigenvalue weighted by molar-refractivity contribution is 0.586. The third kappa shape index (κ3) is 2.39. The van der Waals surface area contributed by atoms with Crippen LogP contribution in [0.4, 0.5) is 0 Å². The van der Waals surface area contributed by atoms with Crippen molar-refractivity contribution >= 4 is 22.3 Å². The van der Waals surface area contributed by atoms with Gasteiger partial charge in [0.05, 0.1) is 22.6 Å². The van der Waals surface area contributed by atoms with E-state index in [4.69, 9.17) is 0 Å². The summed E-state index contributed by atoms with van der Waals surface area (Å²) in [6.07, 6.45) is 0. The second-order valence-corrected chi connectivity index (χ2v) is 5.89. The number of hydrogen-bond donors (Lipinski definition) is 0. The number of para-hydroxylation sites is 1. The summed E-state index contributed by atoms with van der Waals surface area (Å²) < 4.78 is 14.5. The maximum atomic E-state index is 12.6. The summed E-state index contributed by atoms with van der Waals surface area (Å²) in [6, 6.07) is 20.1. The highest BCUT2D eigenvalue weighted by molar-refractivity contribution is 7.89. The first-order valence-corrected chi connectivity index (χ1v) is 7.53. The molecular formula is C16H15NOS. The van der Waals surface area contributed by atoms with Crippen LogP contribution >= 0.6 is 0 Å². The minimum atomic E-state index is -1.07. The minimum absolute atomic E-state index is 0.542. The van der Waals surface area contributed by atoms with Gasteiger partial charge >= 0.3 is 0 Å². The number of hydrogen-bond acceptors (Lipinski definition) is 1. The van der Waals surface area contributed by atoms with E-state index in [-0.39, 0.29) is 0 Å². The molecule has 19 heavy (non-hydrogen) atoms. The van der Waals surface area contributed by atoms with Crippen LogP contribution in [0.25, 0.3) is 10.9 Å². The van der Waals surface area contributed by atoms with Crippen LogP contribution < -0.4 is 0 Å². The summed E-state index contributed by atoms with van der Waals surface area (Å²) >= 11 is -1.07. The molecule has 3 heteroatoms. The van der Waals surface area contributed by atoms with Crippen molar-refractivity contribution in [1.82, 2.24) is 3.97 Å². The minimum Gasteiger partial charge on any atom is -0.592 e. The lowest BCUT2D eigenvalue weighted by Gasteiger charge is -2.13.